The molecule has 8 nitrogen and oxygen atoms in total. The van der Waals surface area contributed by atoms with Crippen molar-refractivity contribution >= 4 is 33.7 Å². The van der Waals surface area contributed by atoms with Gasteiger partial charge in [0.2, 0.25) is 15.9 Å². The molecule has 27 heavy (non-hydrogen) atoms. The van der Waals surface area contributed by atoms with Crippen LogP contribution in [0, 0.1) is 0 Å². The molecule has 0 unspecified atom stereocenters. The maximum atomic E-state index is 12.0. The van der Waals surface area contributed by atoms with E-state index in [2.05, 4.69) is 5.32 Å². The highest BCUT2D eigenvalue weighted by Crippen LogP contribution is 2.28. The first kappa shape index (κ1) is 20.1. The topological polar surface area (TPSA) is 125 Å². The standard InChI is InChI=1S/C18H18N2O6S/c1-12(21)26-17-11-13(3-9-16(17)25-2)4-10-18(22)20-14-5-7-15(8-6-14)27(19,23)24/h3-11H,1-2H3,(H,20,22)(H2,19,23,24)/b10-4+. The van der Waals surface area contributed by atoms with E-state index >= 15 is 0 Å². The molecule has 0 radical (unpaired) electrons. The lowest BCUT2D eigenvalue weighted by Crippen LogP contribution is -2.12. The van der Waals surface area contributed by atoms with Gasteiger partial charge in [-0.05, 0) is 48.0 Å². The number of carbonyl (C=O) groups is 2. The van der Waals surface area contributed by atoms with Gasteiger partial charge in [0.05, 0.1) is 12.0 Å². The number of benzene rings is 2. The number of sulfonamides is 1. The Hall–Kier alpha value is -3.17. The Morgan fingerprint density at radius 3 is 2.30 bits per heavy atom. The second kappa shape index (κ2) is 8.47. The minimum atomic E-state index is -3.79. The zero-order valence-corrected chi connectivity index (χ0v) is 15.4. The van der Waals surface area contributed by atoms with Crippen molar-refractivity contribution in [1.29, 1.82) is 0 Å². The van der Waals surface area contributed by atoms with Crippen LogP contribution in [0.4, 0.5) is 5.69 Å². The second-order valence-corrected chi connectivity index (χ2v) is 6.96. The summed E-state index contributed by atoms with van der Waals surface area (Å²) in [5.41, 5.74) is 1.03. The highest BCUT2D eigenvalue weighted by Gasteiger charge is 2.09. The molecule has 0 atom stereocenters. The van der Waals surface area contributed by atoms with Gasteiger partial charge in [-0.2, -0.15) is 0 Å². The molecule has 0 aromatic heterocycles. The smallest absolute Gasteiger partial charge is 0.308 e. The van der Waals surface area contributed by atoms with Crippen LogP contribution in [0.3, 0.4) is 0 Å². The first-order valence-corrected chi connectivity index (χ1v) is 9.22. The summed E-state index contributed by atoms with van der Waals surface area (Å²) in [7, 11) is -2.33. The number of carbonyl (C=O) groups excluding carboxylic acids is 2. The van der Waals surface area contributed by atoms with Crippen molar-refractivity contribution in [3.8, 4) is 11.5 Å². The van der Waals surface area contributed by atoms with E-state index in [4.69, 9.17) is 14.6 Å². The van der Waals surface area contributed by atoms with E-state index in [1.165, 1.54) is 50.5 Å². The van der Waals surface area contributed by atoms with Crippen molar-refractivity contribution in [2.45, 2.75) is 11.8 Å². The minimum Gasteiger partial charge on any atom is -0.493 e. The van der Waals surface area contributed by atoms with E-state index in [9.17, 15) is 18.0 Å². The molecule has 2 rings (SSSR count). The second-order valence-electron chi connectivity index (χ2n) is 5.40. The summed E-state index contributed by atoms with van der Waals surface area (Å²) in [5.74, 6) is -0.286. The van der Waals surface area contributed by atoms with Gasteiger partial charge in [-0.15, -0.1) is 0 Å². The summed E-state index contributed by atoms with van der Waals surface area (Å²) < 4.78 is 32.6. The van der Waals surface area contributed by atoms with Crippen molar-refractivity contribution < 1.29 is 27.5 Å². The maximum Gasteiger partial charge on any atom is 0.308 e. The number of nitrogens with two attached hydrogens (primary N) is 1. The van der Waals surface area contributed by atoms with Gasteiger partial charge in [0, 0.05) is 18.7 Å². The average molecular weight is 390 g/mol. The van der Waals surface area contributed by atoms with Crippen molar-refractivity contribution in [3.63, 3.8) is 0 Å². The van der Waals surface area contributed by atoms with Crippen LogP contribution in [-0.2, 0) is 19.6 Å². The van der Waals surface area contributed by atoms with Gasteiger partial charge < -0.3 is 14.8 Å². The quantitative estimate of drug-likeness (QED) is 0.441. The molecule has 0 saturated heterocycles. The maximum absolute atomic E-state index is 12.0. The molecular weight excluding hydrogens is 372 g/mol. The molecule has 0 bridgehead atoms. The summed E-state index contributed by atoms with van der Waals surface area (Å²) in [6, 6.07) is 10.3. The van der Waals surface area contributed by atoms with E-state index in [-0.39, 0.29) is 10.6 Å². The zero-order chi connectivity index (χ0) is 20.0. The lowest BCUT2D eigenvalue weighted by molar-refractivity contribution is -0.132. The van der Waals surface area contributed by atoms with Gasteiger partial charge in [-0.25, -0.2) is 13.6 Å². The van der Waals surface area contributed by atoms with Gasteiger partial charge in [-0.3, -0.25) is 9.59 Å². The van der Waals surface area contributed by atoms with E-state index in [1.54, 1.807) is 18.2 Å². The molecule has 0 saturated carbocycles. The van der Waals surface area contributed by atoms with Crippen LogP contribution >= 0.6 is 0 Å². The lowest BCUT2D eigenvalue weighted by Gasteiger charge is -2.08. The normalized spacial score (nSPS) is 11.2. The number of hydrogen-bond acceptors (Lipinski definition) is 6. The molecule has 0 aliphatic carbocycles. The highest BCUT2D eigenvalue weighted by molar-refractivity contribution is 7.89. The number of hydrogen-bond donors (Lipinski definition) is 2. The lowest BCUT2D eigenvalue weighted by atomic mass is 10.2. The third kappa shape index (κ3) is 5.94. The Labute approximate surface area is 156 Å². The third-order valence-corrected chi connectivity index (χ3v) is 4.25. The number of primary sulfonamides is 1. The number of rotatable bonds is 6. The molecule has 0 aliphatic heterocycles. The highest BCUT2D eigenvalue weighted by atomic mass is 32.2. The molecule has 0 heterocycles. The van der Waals surface area contributed by atoms with E-state index in [1.807, 2.05) is 0 Å². The third-order valence-electron chi connectivity index (χ3n) is 3.32. The van der Waals surface area contributed by atoms with Crippen LogP contribution in [-0.4, -0.2) is 27.4 Å². The number of anilines is 1. The van der Waals surface area contributed by atoms with Crippen LogP contribution < -0.4 is 19.9 Å². The van der Waals surface area contributed by atoms with E-state index in [0.29, 0.717) is 17.0 Å². The number of esters is 1. The number of ether oxygens (including phenoxy) is 2. The van der Waals surface area contributed by atoms with Crippen LogP contribution in [0.2, 0.25) is 0 Å². The summed E-state index contributed by atoms with van der Waals surface area (Å²) in [5, 5.41) is 7.61. The Morgan fingerprint density at radius 1 is 1.07 bits per heavy atom. The average Bonchev–Trinajstić information content (AvgIpc) is 2.59. The Balaban J connectivity index is 2.09. The SMILES string of the molecule is COc1ccc(/C=C/C(=O)Nc2ccc(S(N)(=O)=O)cc2)cc1OC(C)=O. The van der Waals surface area contributed by atoms with Crippen LogP contribution in [0.1, 0.15) is 12.5 Å². The van der Waals surface area contributed by atoms with Gasteiger partial charge in [0.15, 0.2) is 11.5 Å². The minimum absolute atomic E-state index is 0.0488. The van der Waals surface area contributed by atoms with E-state index in [0.717, 1.165) is 0 Å². The Kier molecular flexibility index (Phi) is 6.32. The molecule has 0 spiro atoms. The molecule has 142 valence electrons. The van der Waals surface area contributed by atoms with Gasteiger partial charge in [0.25, 0.3) is 0 Å². The summed E-state index contributed by atoms with van der Waals surface area (Å²) in [6.07, 6.45) is 2.81. The molecule has 2 aromatic rings. The number of amides is 1. The first-order valence-electron chi connectivity index (χ1n) is 7.67. The fourth-order valence-electron chi connectivity index (χ4n) is 2.12. The molecule has 2 aromatic carbocycles. The molecule has 0 fully saturated rings. The Morgan fingerprint density at radius 2 is 1.74 bits per heavy atom. The monoisotopic (exact) mass is 390 g/mol. The first-order chi connectivity index (χ1) is 12.7. The van der Waals surface area contributed by atoms with E-state index < -0.39 is 21.9 Å². The predicted molar refractivity (Wildman–Crippen MR) is 99.8 cm³/mol. The van der Waals surface area contributed by atoms with Crippen LogP contribution in [0.15, 0.2) is 53.4 Å². The fourth-order valence-corrected chi connectivity index (χ4v) is 2.63. The number of methoxy groups -OCH3 is 1. The van der Waals surface area contributed by atoms with Gasteiger partial charge in [-0.1, -0.05) is 6.07 Å². The Bertz CT molecular complexity index is 981. The molecule has 9 heteroatoms. The van der Waals surface area contributed by atoms with Crippen molar-refractivity contribution in [1.82, 2.24) is 0 Å². The van der Waals surface area contributed by atoms with Crippen molar-refractivity contribution in [2.24, 2.45) is 5.14 Å². The predicted octanol–water partition coefficient (Wildman–Crippen LogP) is 1.92. The zero-order valence-electron chi connectivity index (χ0n) is 14.6. The van der Waals surface area contributed by atoms with Crippen LogP contribution in [0.5, 0.6) is 11.5 Å². The molecular formula is C18H18N2O6S. The fraction of sp³-hybridized carbons (Fsp3) is 0.111. The molecule has 1 amide bonds. The number of nitrogens with one attached hydrogen (secondary N) is 1. The van der Waals surface area contributed by atoms with Gasteiger partial charge >= 0.3 is 5.97 Å². The molecule has 3 N–H and O–H groups in total. The summed E-state index contributed by atoms with van der Waals surface area (Å²) >= 11 is 0. The van der Waals surface area contributed by atoms with Crippen molar-refractivity contribution in [2.75, 3.05) is 12.4 Å². The van der Waals surface area contributed by atoms with Gasteiger partial charge in [0.1, 0.15) is 0 Å². The molecule has 0 aliphatic rings. The van der Waals surface area contributed by atoms with Crippen LogP contribution in [0.25, 0.3) is 6.08 Å². The summed E-state index contributed by atoms with van der Waals surface area (Å²) in [6.45, 7) is 1.27. The summed E-state index contributed by atoms with van der Waals surface area (Å²) in [4.78, 5) is 23.1. The largest absolute Gasteiger partial charge is 0.493 e. The van der Waals surface area contributed by atoms with Crippen molar-refractivity contribution in [3.05, 3.63) is 54.1 Å².